The van der Waals surface area contributed by atoms with Crippen molar-refractivity contribution in [2.45, 2.75) is 12.8 Å². The second kappa shape index (κ2) is 4.86. The molecule has 1 heterocycles. The maximum Gasteiger partial charge on any atom is 0.303 e. The third kappa shape index (κ3) is 2.19. The van der Waals surface area contributed by atoms with E-state index in [0.717, 1.165) is 10.6 Å². The molecule has 0 spiro atoms. The van der Waals surface area contributed by atoms with E-state index < -0.39 is 5.97 Å². The molecule has 0 unspecified atom stereocenters. The van der Waals surface area contributed by atoms with Gasteiger partial charge in [0, 0.05) is 6.42 Å². The molecule has 0 atom stereocenters. The number of rotatable bonds is 3. The summed E-state index contributed by atoms with van der Waals surface area (Å²) in [5.74, 6) is 0.117. The Balaban J connectivity index is 1.92. The fraction of sp³-hybridized carbons (Fsp3) is 0.133. The molecule has 0 aliphatic carbocycles. The number of carboxylic acid groups (broad SMARTS) is 1. The first kappa shape index (κ1) is 12.5. The van der Waals surface area contributed by atoms with Gasteiger partial charge in [-0.1, -0.05) is 23.4 Å². The molecule has 5 heteroatoms. The summed E-state index contributed by atoms with van der Waals surface area (Å²) in [5.41, 5.74) is 1.74. The monoisotopic (exact) mass is 270 g/mol. The number of nitrogens with zero attached hydrogens (tertiary/aromatic N) is 1. The number of carbonyl (C=O) groups is 1. The largest absolute Gasteiger partial charge is 0.481 e. The lowest BCUT2D eigenvalue weighted by Gasteiger charge is -2.26. The zero-order chi connectivity index (χ0) is 14.1. The van der Waals surface area contributed by atoms with E-state index in [2.05, 4.69) is 0 Å². The van der Waals surface area contributed by atoms with Gasteiger partial charge in [0.15, 0.2) is 11.5 Å². The zero-order valence-electron chi connectivity index (χ0n) is 10.6. The van der Waals surface area contributed by atoms with Crippen molar-refractivity contribution < 1.29 is 19.8 Å². The standard InChI is InChI=1S/C15H12NO4/c17-15(18)8-6-10-5-7-12-14(9-10)20-13-4-2-1-3-11(13)16(12)19/h1-5,7,9H,6,8H2,(H,17,18). The molecule has 0 saturated heterocycles. The third-order valence-electron chi connectivity index (χ3n) is 3.17. The Morgan fingerprint density at radius 1 is 1.10 bits per heavy atom. The lowest BCUT2D eigenvalue weighted by atomic mass is 10.1. The number of carboxylic acids is 1. The van der Waals surface area contributed by atoms with Crippen LogP contribution in [0.15, 0.2) is 42.5 Å². The second-order valence-electron chi connectivity index (χ2n) is 4.56. The Morgan fingerprint density at radius 2 is 1.85 bits per heavy atom. The molecule has 0 aromatic heterocycles. The number of benzene rings is 2. The summed E-state index contributed by atoms with van der Waals surface area (Å²) in [7, 11) is 0. The number of aliphatic carboxylic acids is 1. The Morgan fingerprint density at radius 3 is 2.65 bits per heavy atom. The average Bonchev–Trinajstić information content (AvgIpc) is 2.45. The van der Waals surface area contributed by atoms with Crippen LogP contribution in [0.25, 0.3) is 0 Å². The van der Waals surface area contributed by atoms with Crippen molar-refractivity contribution >= 4 is 17.3 Å². The van der Waals surface area contributed by atoms with Gasteiger partial charge in [0.25, 0.3) is 0 Å². The van der Waals surface area contributed by atoms with Gasteiger partial charge in [-0.25, -0.2) is 0 Å². The molecule has 1 radical (unpaired) electrons. The SMILES string of the molecule is [O]N1c2ccccc2Oc2cc(CCC(=O)O)ccc21. The highest BCUT2D eigenvalue weighted by Gasteiger charge is 2.24. The molecule has 1 aliphatic heterocycles. The van der Waals surface area contributed by atoms with Crippen molar-refractivity contribution in [1.29, 1.82) is 0 Å². The first-order valence-electron chi connectivity index (χ1n) is 6.24. The van der Waals surface area contributed by atoms with Crippen LogP contribution in [0.1, 0.15) is 12.0 Å². The zero-order valence-corrected chi connectivity index (χ0v) is 10.6. The van der Waals surface area contributed by atoms with Gasteiger partial charge in [-0.3, -0.25) is 4.79 Å². The Kier molecular flexibility index (Phi) is 3.04. The van der Waals surface area contributed by atoms with Gasteiger partial charge in [0.1, 0.15) is 11.4 Å². The van der Waals surface area contributed by atoms with Crippen LogP contribution in [0.4, 0.5) is 11.4 Å². The van der Waals surface area contributed by atoms with Gasteiger partial charge in [0.2, 0.25) is 0 Å². The fourth-order valence-electron chi connectivity index (χ4n) is 2.17. The molecule has 101 valence electrons. The molecule has 0 fully saturated rings. The topological polar surface area (TPSA) is 69.7 Å². The van der Waals surface area contributed by atoms with Gasteiger partial charge in [0.05, 0.1) is 0 Å². The van der Waals surface area contributed by atoms with Crippen molar-refractivity contribution in [3.05, 3.63) is 48.0 Å². The molecule has 3 rings (SSSR count). The number of hydrogen-bond acceptors (Lipinski definition) is 3. The van der Waals surface area contributed by atoms with Gasteiger partial charge in [-0.05, 0) is 36.2 Å². The summed E-state index contributed by atoms with van der Waals surface area (Å²) in [6, 6.07) is 12.1. The van der Waals surface area contributed by atoms with E-state index >= 15 is 0 Å². The van der Waals surface area contributed by atoms with Crippen LogP contribution in [-0.2, 0) is 16.4 Å². The highest BCUT2D eigenvalue weighted by molar-refractivity contribution is 5.76. The summed E-state index contributed by atoms with van der Waals surface area (Å²) in [6.07, 6.45) is 0.461. The van der Waals surface area contributed by atoms with E-state index in [0.29, 0.717) is 29.3 Å². The summed E-state index contributed by atoms with van der Waals surface area (Å²) >= 11 is 0. The van der Waals surface area contributed by atoms with Crippen LogP contribution in [-0.4, -0.2) is 11.1 Å². The number of aryl methyl sites for hydroxylation is 1. The van der Waals surface area contributed by atoms with Gasteiger partial charge < -0.3 is 9.84 Å². The van der Waals surface area contributed by atoms with Crippen molar-refractivity contribution in [1.82, 2.24) is 0 Å². The van der Waals surface area contributed by atoms with Crippen LogP contribution in [0.3, 0.4) is 0 Å². The van der Waals surface area contributed by atoms with Crippen LogP contribution < -0.4 is 9.80 Å². The Labute approximate surface area is 115 Å². The fourth-order valence-corrected chi connectivity index (χ4v) is 2.17. The second-order valence-corrected chi connectivity index (χ2v) is 4.56. The molecule has 0 saturated carbocycles. The molecule has 5 nitrogen and oxygen atoms in total. The van der Waals surface area contributed by atoms with E-state index in [4.69, 9.17) is 9.84 Å². The van der Waals surface area contributed by atoms with E-state index in [1.165, 1.54) is 0 Å². The molecule has 2 aromatic carbocycles. The molecule has 0 bridgehead atoms. The van der Waals surface area contributed by atoms with E-state index in [-0.39, 0.29) is 6.42 Å². The molecule has 1 aliphatic rings. The number of ether oxygens (including phenoxy) is 1. The van der Waals surface area contributed by atoms with Crippen molar-refractivity contribution in [2.75, 3.05) is 5.06 Å². The van der Waals surface area contributed by atoms with Crippen LogP contribution in [0.5, 0.6) is 11.5 Å². The maximum absolute atomic E-state index is 12.2. The lowest BCUT2D eigenvalue weighted by Crippen LogP contribution is -2.14. The quantitative estimate of drug-likeness (QED) is 0.929. The smallest absolute Gasteiger partial charge is 0.303 e. The number of para-hydroxylation sites is 2. The summed E-state index contributed by atoms with van der Waals surface area (Å²) in [5, 5.41) is 21.8. The predicted octanol–water partition coefficient (Wildman–Crippen LogP) is 3.29. The van der Waals surface area contributed by atoms with Crippen molar-refractivity contribution in [3.63, 3.8) is 0 Å². The maximum atomic E-state index is 12.2. The normalized spacial score (nSPS) is 12.3. The Bertz CT molecular complexity index is 669. The number of fused-ring (bicyclic) bond motifs is 2. The highest BCUT2D eigenvalue weighted by Crippen LogP contribution is 2.45. The molecule has 20 heavy (non-hydrogen) atoms. The minimum Gasteiger partial charge on any atom is -0.481 e. The predicted molar refractivity (Wildman–Crippen MR) is 71.7 cm³/mol. The van der Waals surface area contributed by atoms with Crippen LogP contribution in [0.2, 0.25) is 0 Å². The van der Waals surface area contributed by atoms with Crippen LogP contribution >= 0.6 is 0 Å². The van der Waals surface area contributed by atoms with Gasteiger partial charge >= 0.3 is 5.97 Å². The van der Waals surface area contributed by atoms with Crippen molar-refractivity contribution in [3.8, 4) is 11.5 Å². The first-order chi connectivity index (χ1) is 9.65. The van der Waals surface area contributed by atoms with E-state index in [9.17, 15) is 10.0 Å². The third-order valence-corrected chi connectivity index (χ3v) is 3.17. The van der Waals surface area contributed by atoms with Gasteiger partial charge in [-0.15, -0.1) is 0 Å². The lowest BCUT2D eigenvalue weighted by molar-refractivity contribution is -0.136. The summed E-state index contributed by atoms with van der Waals surface area (Å²) in [4.78, 5) is 10.6. The summed E-state index contributed by atoms with van der Waals surface area (Å²) in [6.45, 7) is 0. The average molecular weight is 270 g/mol. The number of hydrogen-bond donors (Lipinski definition) is 1. The summed E-state index contributed by atoms with van der Waals surface area (Å²) < 4.78 is 5.71. The minimum atomic E-state index is -0.848. The number of anilines is 2. The molecule has 0 amide bonds. The minimum absolute atomic E-state index is 0.0520. The molecule has 1 N–H and O–H groups in total. The molecule has 2 aromatic rings. The van der Waals surface area contributed by atoms with E-state index in [1.54, 1.807) is 42.5 Å². The Hall–Kier alpha value is -2.53. The van der Waals surface area contributed by atoms with E-state index in [1.807, 2.05) is 0 Å². The van der Waals surface area contributed by atoms with Crippen molar-refractivity contribution in [2.24, 2.45) is 0 Å². The van der Waals surface area contributed by atoms with Crippen LogP contribution in [0, 0.1) is 0 Å². The molecular weight excluding hydrogens is 258 g/mol. The molecular formula is C15H12NO4. The first-order valence-corrected chi connectivity index (χ1v) is 6.24. The van der Waals surface area contributed by atoms with Gasteiger partial charge in [-0.2, -0.15) is 5.06 Å². The highest BCUT2D eigenvalue weighted by atomic mass is 16.5.